The van der Waals surface area contributed by atoms with Crippen molar-refractivity contribution in [1.82, 2.24) is 9.88 Å². The van der Waals surface area contributed by atoms with Crippen molar-refractivity contribution in [2.24, 2.45) is 0 Å². The Morgan fingerprint density at radius 3 is 2.71 bits per heavy atom. The number of aromatic nitrogens is 1. The molecule has 4 heteroatoms. The zero-order valence-electron chi connectivity index (χ0n) is 16.9. The normalized spacial score (nSPS) is 18.7. The molecule has 3 aromatic rings. The highest BCUT2D eigenvalue weighted by molar-refractivity contribution is 9.10. The molecule has 0 amide bonds. The molecule has 1 saturated heterocycles. The third-order valence-corrected chi connectivity index (χ3v) is 6.66. The summed E-state index contributed by atoms with van der Waals surface area (Å²) in [5.74, 6) is 0.549. The highest BCUT2D eigenvalue weighted by atomic mass is 79.9. The van der Waals surface area contributed by atoms with Crippen molar-refractivity contribution in [2.75, 3.05) is 13.1 Å². The average molecular weight is 460 g/mol. The van der Waals surface area contributed by atoms with E-state index in [2.05, 4.69) is 83.0 Å². The van der Waals surface area contributed by atoms with Crippen LogP contribution in [-0.2, 0) is 12.0 Å². The number of nitrogens with zero attached hydrogens (tertiary/aromatic N) is 1. The molecule has 1 N–H and O–H groups in total. The number of H-pyrrole nitrogens is 1. The van der Waals surface area contributed by atoms with Gasteiger partial charge in [0.1, 0.15) is 0 Å². The molecule has 1 atom stereocenters. The van der Waals surface area contributed by atoms with Gasteiger partial charge in [0.15, 0.2) is 0 Å². The monoisotopic (exact) mass is 458 g/mol. The molecule has 1 aliphatic heterocycles. The number of likely N-dealkylation sites (tertiary alicyclic amines) is 1. The summed E-state index contributed by atoms with van der Waals surface area (Å²) >= 11 is 9.99. The number of benzene rings is 2. The third kappa shape index (κ3) is 4.03. The van der Waals surface area contributed by atoms with Gasteiger partial charge in [-0.1, -0.05) is 72.6 Å². The molecule has 0 aliphatic carbocycles. The minimum Gasteiger partial charge on any atom is -0.358 e. The Labute approximate surface area is 181 Å². The predicted octanol–water partition coefficient (Wildman–Crippen LogP) is 7.26. The van der Waals surface area contributed by atoms with E-state index < -0.39 is 0 Å². The summed E-state index contributed by atoms with van der Waals surface area (Å²) in [6, 6.07) is 15.0. The van der Waals surface area contributed by atoms with Crippen molar-refractivity contribution in [1.29, 1.82) is 0 Å². The van der Waals surface area contributed by atoms with Crippen molar-refractivity contribution in [3.63, 3.8) is 0 Å². The predicted molar refractivity (Wildman–Crippen MR) is 123 cm³/mol. The van der Waals surface area contributed by atoms with Crippen LogP contribution < -0.4 is 0 Å². The molecule has 1 aliphatic rings. The molecule has 2 aromatic carbocycles. The van der Waals surface area contributed by atoms with E-state index in [0.29, 0.717) is 5.92 Å². The number of para-hydroxylation sites is 1. The Hall–Kier alpha value is -1.29. The standard InChI is InChI=1S/C24H28BrClN2/c1-24(2,3)23-22(19-8-4-5-9-21(19)27-23)17-7-6-12-28(15-17)14-16-10-11-18(25)13-20(16)26/h4-5,8-11,13,17,27H,6-7,12,14-15H2,1-3H3. The second-order valence-electron chi connectivity index (χ2n) is 9.02. The Kier molecular flexibility index (Phi) is 5.61. The van der Waals surface area contributed by atoms with Crippen LogP contribution >= 0.6 is 27.5 Å². The van der Waals surface area contributed by atoms with Gasteiger partial charge in [0.2, 0.25) is 0 Å². The van der Waals surface area contributed by atoms with Gasteiger partial charge in [-0.25, -0.2) is 0 Å². The fraction of sp³-hybridized carbons (Fsp3) is 0.417. The molecular weight excluding hydrogens is 432 g/mol. The zero-order chi connectivity index (χ0) is 19.9. The zero-order valence-corrected chi connectivity index (χ0v) is 19.2. The molecule has 0 radical (unpaired) electrons. The quantitative estimate of drug-likeness (QED) is 0.436. The summed E-state index contributed by atoms with van der Waals surface area (Å²) in [6.07, 6.45) is 2.47. The molecule has 2 heterocycles. The van der Waals surface area contributed by atoms with Gasteiger partial charge in [-0.2, -0.15) is 0 Å². The fourth-order valence-corrected chi connectivity index (χ4v) is 5.24. The third-order valence-electron chi connectivity index (χ3n) is 5.82. The van der Waals surface area contributed by atoms with Crippen LogP contribution in [0.5, 0.6) is 0 Å². The Bertz CT molecular complexity index is 986. The van der Waals surface area contributed by atoms with Crippen LogP contribution in [0.25, 0.3) is 10.9 Å². The highest BCUT2D eigenvalue weighted by Crippen LogP contribution is 2.40. The van der Waals surface area contributed by atoms with Gasteiger partial charge in [-0.15, -0.1) is 0 Å². The molecule has 0 saturated carbocycles. The number of piperidine rings is 1. The van der Waals surface area contributed by atoms with Crippen LogP contribution in [0.1, 0.15) is 56.4 Å². The van der Waals surface area contributed by atoms with Gasteiger partial charge < -0.3 is 4.98 Å². The highest BCUT2D eigenvalue weighted by Gasteiger charge is 2.30. The molecule has 1 aromatic heterocycles. The van der Waals surface area contributed by atoms with Crippen LogP contribution in [0.4, 0.5) is 0 Å². The molecular formula is C24H28BrClN2. The summed E-state index contributed by atoms with van der Waals surface area (Å²) in [7, 11) is 0. The first-order valence-corrected chi connectivity index (χ1v) is 11.3. The number of aromatic amines is 1. The van der Waals surface area contributed by atoms with Crippen LogP contribution in [0.15, 0.2) is 46.9 Å². The van der Waals surface area contributed by atoms with Gasteiger partial charge in [0.05, 0.1) is 0 Å². The van der Waals surface area contributed by atoms with Crippen molar-refractivity contribution in [2.45, 2.75) is 51.5 Å². The van der Waals surface area contributed by atoms with Gasteiger partial charge in [0.25, 0.3) is 0 Å². The van der Waals surface area contributed by atoms with E-state index in [1.165, 1.54) is 40.6 Å². The molecule has 1 fully saturated rings. The SMILES string of the molecule is CC(C)(C)c1[nH]c2ccccc2c1C1CCCN(Cc2ccc(Br)cc2Cl)C1. The van der Waals surface area contributed by atoms with Crippen molar-refractivity contribution >= 4 is 38.4 Å². The average Bonchev–Trinajstić information content (AvgIpc) is 3.04. The fourth-order valence-electron chi connectivity index (χ4n) is 4.50. The Morgan fingerprint density at radius 2 is 1.96 bits per heavy atom. The summed E-state index contributed by atoms with van der Waals surface area (Å²) in [5, 5.41) is 2.24. The lowest BCUT2D eigenvalue weighted by atomic mass is 9.81. The minimum absolute atomic E-state index is 0.103. The number of fused-ring (bicyclic) bond motifs is 1. The Morgan fingerprint density at radius 1 is 1.18 bits per heavy atom. The number of hydrogen-bond acceptors (Lipinski definition) is 1. The first kappa shape index (κ1) is 20.0. The van der Waals surface area contributed by atoms with E-state index in [1.807, 2.05) is 6.07 Å². The summed E-state index contributed by atoms with van der Waals surface area (Å²) in [6.45, 7) is 10.1. The molecule has 28 heavy (non-hydrogen) atoms. The maximum Gasteiger partial charge on any atom is 0.0462 e. The van der Waals surface area contributed by atoms with Crippen LogP contribution in [0.2, 0.25) is 5.02 Å². The smallest absolute Gasteiger partial charge is 0.0462 e. The maximum atomic E-state index is 6.49. The molecule has 148 valence electrons. The Balaban J connectivity index is 1.65. The second kappa shape index (κ2) is 7.85. The molecule has 0 bridgehead atoms. The molecule has 0 spiro atoms. The van der Waals surface area contributed by atoms with E-state index in [4.69, 9.17) is 11.6 Å². The van der Waals surface area contributed by atoms with Crippen molar-refractivity contribution in [3.05, 3.63) is 68.8 Å². The maximum absolute atomic E-state index is 6.49. The van der Waals surface area contributed by atoms with Gasteiger partial charge in [0, 0.05) is 44.6 Å². The summed E-state index contributed by atoms with van der Waals surface area (Å²) < 4.78 is 1.03. The number of rotatable bonds is 3. The number of nitrogens with one attached hydrogen (secondary N) is 1. The van der Waals surface area contributed by atoms with Gasteiger partial charge in [-0.3, -0.25) is 4.90 Å². The topological polar surface area (TPSA) is 19.0 Å². The lowest BCUT2D eigenvalue weighted by Gasteiger charge is -2.34. The largest absolute Gasteiger partial charge is 0.358 e. The molecule has 1 unspecified atom stereocenters. The number of halogens is 2. The van der Waals surface area contributed by atoms with E-state index in [1.54, 1.807) is 0 Å². The van der Waals surface area contributed by atoms with Crippen LogP contribution in [0, 0.1) is 0 Å². The van der Waals surface area contributed by atoms with E-state index in [-0.39, 0.29) is 5.41 Å². The lowest BCUT2D eigenvalue weighted by Crippen LogP contribution is -2.34. The van der Waals surface area contributed by atoms with Crippen molar-refractivity contribution < 1.29 is 0 Å². The molecule has 2 nitrogen and oxygen atoms in total. The first-order valence-electron chi connectivity index (χ1n) is 10.1. The summed E-state index contributed by atoms with van der Waals surface area (Å²) in [4.78, 5) is 6.30. The summed E-state index contributed by atoms with van der Waals surface area (Å²) in [5.41, 5.74) is 5.49. The van der Waals surface area contributed by atoms with E-state index in [0.717, 1.165) is 29.1 Å². The van der Waals surface area contributed by atoms with Crippen LogP contribution in [-0.4, -0.2) is 23.0 Å². The lowest BCUT2D eigenvalue weighted by molar-refractivity contribution is 0.200. The molecule has 4 rings (SSSR count). The first-order chi connectivity index (χ1) is 13.3. The van der Waals surface area contributed by atoms with E-state index >= 15 is 0 Å². The number of hydrogen-bond donors (Lipinski definition) is 1. The van der Waals surface area contributed by atoms with E-state index in [9.17, 15) is 0 Å². The van der Waals surface area contributed by atoms with Gasteiger partial charge >= 0.3 is 0 Å². The minimum atomic E-state index is 0.103. The van der Waals surface area contributed by atoms with Gasteiger partial charge in [-0.05, 0) is 54.6 Å². The second-order valence-corrected chi connectivity index (χ2v) is 10.3. The van der Waals surface area contributed by atoms with Crippen molar-refractivity contribution in [3.8, 4) is 0 Å². The van der Waals surface area contributed by atoms with Crippen LogP contribution in [0.3, 0.4) is 0 Å².